The second-order valence-corrected chi connectivity index (χ2v) is 7.51. The van der Waals surface area contributed by atoms with Crippen LogP contribution in [0.25, 0.3) is 6.08 Å². The fourth-order valence-corrected chi connectivity index (χ4v) is 3.91. The second kappa shape index (κ2) is 8.70. The van der Waals surface area contributed by atoms with E-state index in [1.807, 2.05) is 0 Å². The minimum Gasteiger partial charge on any atom is -0.486 e. The summed E-state index contributed by atoms with van der Waals surface area (Å²) in [6.07, 6.45) is 6.68. The molecule has 2 aromatic rings. The van der Waals surface area contributed by atoms with Gasteiger partial charge < -0.3 is 4.74 Å². The molecule has 4 nitrogen and oxygen atoms in total. The maximum Gasteiger partial charge on any atom is 0.294 e. The zero-order valence-corrected chi connectivity index (χ0v) is 16.6. The number of nitrogens with zero attached hydrogens (tertiary/aromatic N) is 1. The van der Waals surface area contributed by atoms with E-state index in [-0.39, 0.29) is 39.7 Å². The van der Waals surface area contributed by atoms with Gasteiger partial charge in [0, 0.05) is 0 Å². The van der Waals surface area contributed by atoms with Gasteiger partial charge in [-0.2, -0.15) is 0 Å². The zero-order chi connectivity index (χ0) is 20.3. The lowest BCUT2D eigenvalue weighted by Gasteiger charge is -2.11. The van der Waals surface area contributed by atoms with E-state index in [2.05, 4.69) is 5.92 Å². The first kappa shape index (κ1) is 20.3. The monoisotopic (exact) mass is 435 g/mol. The Bertz CT molecular complexity index is 1010. The summed E-state index contributed by atoms with van der Waals surface area (Å²) in [5.74, 6) is 1.68. The first-order valence-electron chi connectivity index (χ1n) is 7.94. The molecule has 1 heterocycles. The van der Waals surface area contributed by atoms with Gasteiger partial charge in [0.1, 0.15) is 12.4 Å². The molecule has 1 aliphatic heterocycles. The lowest BCUT2D eigenvalue weighted by molar-refractivity contribution is -0.122. The minimum absolute atomic E-state index is 0.0848. The summed E-state index contributed by atoms with van der Waals surface area (Å²) in [5, 5.41) is 0.0115. The molecule has 8 heteroatoms. The van der Waals surface area contributed by atoms with Gasteiger partial charge in [0.2, 0.25) is 0 Å². The standard InChI is InChI=1S/C20H12Cl2FNO3S/c1-2-6-24-19(25)17(28-20(24)26)10-13-8-15(21)18(16(22)9-13)27-11-12-4-3-5-14(23)7-12/h1,3-5,7-10H,6,11H2/b17-10+. The molecule has 142 valence electrons. The molecular formula is C20H12Cl2FNO3S. The molecule has 1 fully saturated rings. The Morgan fingerprint density at radius 1 is 1.21 bits per heavy atom. The summed E-state index contributed by atoms with van der Waals surface area (Å²) in [4.78, 5) is 25.3. The lowest BCUT2D eigenvalue weighted by Crippen LogP contribution is -2.28. The van der Waals surface area contributed by atoms with Crippen molar-refractivity contribution in [2.24, 2.45) is 0 Å². The molecule has 1 aliphatic rings. The number of imide groups is 1. The Hall–Kier alpha value is -2.46. The van der Waals surface area contributed by atoms with Gasteiger partial charge in [0.05, 0.1) is 21.5 Å². The molecule has 2 aromatic carbocycles. The molecular weight excluding hydrogens is 424 g/mol. The van der Waals surface area contributed by atoms with Gasteiger partial charge in [-0.05, 0) is 53.2 Å². The van der Waals surface area contributed by atoms with Crippen LogP contribution in [0.5, 0.6) is 5.75 Å². The number of terminal acetylenes is 1. The van der Waals surface area contributed by atoms with Crippen molar-refractivity contribution in [2.75, 3.05) is 6.54 Å². The number of hydrogen-bond donors (Lipinski definition) is 0. The van der Waals surface area contributed by atoms with Crippen LogP contribution in [0, 0.1) is 18.2 Å². The molecule has 3 rings (SSSR count). The third-order valence-corrected chi connectivity index (χ3v) is 5.18. The summed E-state index contributed by atoms with van der Waals surface area (Å²) in [6.45, 7) is -0.00208. The number of benzene rings is 2. The van der Waals surface area contributed by atoms with E-state index in [0.717, 1.165) is 16.7 Å². The average molecular weight is 436 g/mol. The fourth-order valence-electron chi connectivity index (χ4n) is 2.46. The van der Waals surface area contributed by atoms with Gasteiger partial charge in [-0.1, -0.05) is 41.3 Å². The first-order chi connectivity index (χ1) is 13.4. The number of thioether (sulfide) groups is 1. The molecule has 0 atom stereocenters. The van der Waals surface area contributed by atoms with Crippen LogP contribution in [0.2, 0.25) is 10.0 Å². The van der Waals surface area contributed by atoms with Crippen molar-refractivity contribution in [3.8, 4) is 18.1 Å². The van der Waals surface area contributed by atoms with Crippen LogP contribution in [0.3, 0.4) is 0 Å². The molecule has 28 heavy (non-hydrogen) atoms. The summed E-state index contributed by atoms with van der Waals surface area (Å²) in [6, 6.07) is 9.10. The van der Waals surface area contributed by atoms with E-state index >= 15 is 0 Å². The number of rotatable bonds is 5. The SMILES string of the molecule is C#CCN1C(=O)S/C(=C/c2cc(Cl)c(OCc3cccc(F)c3)c(Cl)c2)C1=O. The van der Waals surface area contributed by atoms with Gasteiger partial charge in [-0.25, -0.2) is 4.39 Å². The Balaban J connectivity index is 1.79. The van der Waals surface area contributed by atoms with Gasteiger partial charge in [-0.3, -0.25) is 14.5 Å². The molecule has 0 saturated carbocycles. The van der Waals surface area contributed by atoms with Crippen molar-refractivity contribution in [3.63, 3.8) is 0 Å². The summed E-state index contributed by atoms with van der Waals surface area (Å²) in [5.41, 5.74) is 1.15. The highest BCUT2D eigenvalue weighted by atomic mass is 35.5. The Kier molecular flexibility index (Phi) is 6.30. The van der Waals surface area contributed by atoms with Gasteiger partial charge in [0.25, 0.3) is 11.1 Å². The maximum absolute atomic E-state index is 13.3. The van der Waals surface area contributed by atoms with Gasteiger partial charge in [-0.15, -0.1) is 6.42 Å². The molecule has 0 bridgehead atoms. The third kappa shape index (κ3) is 4.50. The van der Waals surface area contributed by atoms with E-state index in [1.54, 1.807) is 24.3 Å². The minimum atomic E-state index is -0.466. The molecule has 2 amide bonds. The van der Waals surface area contributed by atoms with Crippen molar-refractivity contribution in [1.82, 2.24) is 4.90 Å². The van der Waals surface area contributed by atoms with Crippen molar-refractivity contribution in [2.45, 2.75) is 6.61 Å². The molecule has 0 aliphatic carbocycles. The summed E-state index contributed by atoms with van der Waals surface area (Å²) in [7, 11) is 0. The molecule has 0 radical (unpaired) electrons. The largest absolute Gasteiger partial charge is 0.486 e. The van der Waals surface area contributed by atoms with Crippen LogP contribution in [0.15, 0.2) is 41.3 Å². The topological polar surface area (TPSA) is 46.6 Å². The van der Waals surface area contributed by atoms with Crippen LogP contribution < -0.4 is 4.74 Å². The van der Waals surface area contributed by atoms with Crippen molar-refractivity contribution >= 4 is 52.2 Å². The van der Waals surface area contributed by atoms with Crippen molar-refractivity contribution in [3.05, 3.63) is 68.3 Å². The average Bonchev–Trinajstić information content (AvgIpc) is 2.89. The normalized spacial score (nSPS) is 15.2. The fraction of sp³-hybridized carbons (Fsp3) is 0.100. The number of ether oxygens (including phenoxy) is 1. The van der Waals surface area contributed by atoms with Crippen LogP contribution in [0.1, 0.15) is 11.1 Å². The highest BCUT2D eigenvalue weighted by Crippen LogP contribution is 2.37. The van der Waals surface area contributed by atoms with Gasteiger partial charge in [0.15, 0.2) is 5.75 Å². The summed E-state index contributed by atoms with van der Waals surface area (Å²) >= 11 is 13.3. The van der Waals surface area contributed by atoms with E-state index in [1.165, 1.54) is 18.2 Å². The number of amides is 2. The predicted molar refractivity (Wildman–Crippen MR) is 109 cm³/mol. The van der Waals surface area contributed by atoms with Crippen LogP contribution in [-0.4, -0.2) is 22.6 Å². The Labute approximate surface area is 175 Å². The van der Waals surface area contributed by atoms with E-state index in [9.17, 15) is 14.0 Å². The third-order valence-electron chi connectivity index (χ3n) is 3.71. The van der Waals surface area contributed by atoms with E-state index in [4.69, 9.17) is 34.4 Å². The maximum atomic E-state index is 13.3. The summed E-state index contributed by atoms with van der Waals surface area (Å²) < 4.78 is 18.9. The molecule has 1 saturated heterocycles. The predicted octanol–water partition coefficient (Wildman–Crippen LogP) is 5.38. The molecule has 0 N–H and O–H groups in total. The molecule has 0 aromatic heterocycles. The highest BCUT2D eigenvalue weighted by molar-refractivity contribution is 8.18. The van der Waals surface area contributed by atoms with Crippen LogP contribution in [-0.2, 0) is 11.4 Å². The highest BCUT2D eigenvalue weighted by Gasteiger charge is 2.34. The van der Waals surface area contributed by atoms with Crippen molar-refractivity contribution < 1.29 is 18.7 Å². The smallest absolute Gasteiger partial charge is 0.294 e. The lowest BCUT2D eigenvalue weighted by atomic mass is 10.2. The van der Waals surface area contributed by atoms with Crippen LogP contribution in [0.4, 0.5) is 9.18 Å². The number of carbonyl (C=O) groups is 2. The Morgan fingerprint density at radius 3 is 2.57 bits per heavy atom. The Morgan fingerprint density at radius 2 is 1.93 bits per heavy atom. The van der Waals surface area contributed by atoms with E-state index in [0.29, 0.717) is 11.1 Å². The second-order valence-electron chi connectivity index (χ2n) is 5.70. The van der Waals surface area contributed by atoms with Crippen LogP contribution >= 0.6 is 35.0 Å². The van der Waals surface area contributed by atoms with E-state index < -0.39 is 11.1 Å². The first-order valence-corrected chi connectivity index (χ1v) is 9.51. The number of hydrogen-bond acceptors (Lipinski definition) is 4. The molecule has 0 spiro atoms. The number of carbonyl (C=O) groups excluding carboxylic acids is 2. The van der Waals surface area contributed by atoms with Crippen molar-refractivity contribution in [1.29, 1.82) is 0 Å². The van der Waals surface area contributed by atoms with Gasteiger partial charge >= 0.3 is 0 Å². The quantitative estimate of drug-likeness (QED) is 0.467. The number of halogens is 3. The molecule has 0 unspecified atom stereocenters. The zero-order valence-electron chi connectivity index (χ0n) is 14.2.